The van der Waals surface area contributed by atoms with Crippen molar-refractivity contribution < 1.29 is 9.90 Å². The Morgan fingerprint density at radius 1 is 1.24 bits per heavy atom. The minimum atomic E-state index is -0.228. The van der Waals surface area contributed by atoms with Crippen LogP contribution < -0.4 is 10.6 Å². The van der Waals surface area contributed by atoms with Gasteiger partial charge in [0.15, 0.2) is 0 Å². The van der Waals surface area contributed by atoms with Gasteiger partial charge in [0, 0.05) is 12.2 Å². The van der Waals surface area contributed by atoms with Gasteiger partial charge in [-0.25, -0.2) is 0 Å². The van der Waals surface area contributed by atoms with Gasteiger partial charge in [-0.15, -0.1) is 0 Å². The highest BCUT2D eigenvalue weighted by molar-refractivity contribution is 5.95. The summed E-state index contributed by atoms with van der Waals surface area (Å²) in [6, 6.07) is 13.0. The highest BCUT2D eigenvalue weighted by atomic mass is 16.3. The Balaban J connectivity index is 1.70. The molecule has 3 N–H and O–H groups in total. The summed E-state index contributed by atoms with van der Waals surface area (Å²) in [6.45, 7) is 2.52. The molecule has 1 unspecified atom stereocenters. The Kier molecular flexibility index (Phi) is 3.62. The predicted molar refractivity (Wildman–Crippen MR) is 82.2 cm³/mol. The molecule has 0 saturated carbocycles. The minimum absolute atomic E-state index is 0.0467. The highest BCUT2D eigenvalue weighted by Crippen LogP contribution is 2.21. The Bertz CT molecular complexity index is 682. The van der Waals surface area contributed by atoms with Crippen molar-refractivity contribution in [3.63, 3.8) is 0 Å². The van der Waals surface area contributed by atoms with E-state index in [4.69, 9.17) is 0 Å². The fraction of sp³-hybridized carbons (Fsp3) is 0.235. The van der Waals surface area contributed by atoms with E-state index in [9.17, 15) is 9.90 Å². The third-order valence-corrected chi connectivity index (χ3v) is 3.86. The summed E-state index contributed by atoms with van der Waals surface area (Å²) < 4.78 is 0. The van der Waals surface area contributed by atoms with E-state index in [-0.39, 0.29) is 17.7 Å². The van der Waals surface area contributed by atoms with Gasteiger partial charge >= 0.3 is 0 Å². The summed E-state index contributed by atoms with van der Waals surface area (Å²) in [5, 5.41) is 15.7. The Labute approximate surface area is 123 Å². The van der Waals surface area contributed by atoms with E-state index in [0.717, 1.165) is 5.56 Å². The van der Waals surface area contributed by atoms with Crippen molar-refractivity contribution >= 4 is 11.6 Å². The number of carbonyl (C=O) groups is 1. The number of hydrogen-bond donors (Lipinski definition) is 3. The second kappa shape index (κ2) is 5.58. The van der Waals surface area contributed by atoms with E-state index in [2.05, 4.69) is 22.8 Å². The van der Waals surface area contributed by atoms with E-state index in [1.807, 2.05) is 12.1 Å². The van der Waals surface area contributed by atoms with Crippen LogP contribution in [-0.4, -0.2) is 17.1 Å². The van der Waals surface area contributed by atoms with E-state index in [1.54, 1.807) is 25.1 Å². The maximum atomic E-state index is 12.3. The lowest BCUT2D eigenvalue weighted by molar-refractivity contribution is -0.118. The summed E-state index contributed by atoms with van der Waals surface area (Å²) in [6.07, 6.45) is 0.694. The van der Waals surface area contributed by atoms with Crippen LogP contribution in [0.3, 0.4) is 0 Å². The summed E-state index contributed by atoms with van der Waals surface area (Å²) in [5.74, 6) is 0.187. The van der Waals surface area contributed by atoms with Gasteiger partial charge in [0.2, 0.25) is 5.91 Å². The van der Waals surface area contributed by atoms with Crippen molar-refractivity contribution in [2.75, 3.05) is 5.32 Å². The third kappa shape index (κ3) is 2.90. The summed E-state index contributed by atoms with van der Waals surface area (Å²) in [5.41, 5.74) is 3.92. The molecular formula is C17H18N2O2. The lowest BCUT2D eigenvalue weighted by Crippen LogP contribution is -2.44. The molecule has 0 saturated heterocycles. The SMILES string of the molecule is Cc1cc(NC(=O)C2Cc3ccccc3CN2)ccc1O. The molecule has 1 atom stereocenters. The van der Waals surface area contributed by atoms with Gasteiger partial charge in [0.1, 0.15) is 5.75 Å². The molecule has 4 heteroatoms. The van der Waals surface area contributed by atoms with Crippen molar-refractivity contribution in [3.05, 3.63) is 59.2 Å². The lowest BCUT2D eigenvalue weighted by Gasteiger charge is -2.25. The number of phenols is 1. The lowest BCUT2D eigenvalue weighted by atomic mass is 9.95. The van der Waals surface area contributed by atoms with Crippen LogP contribution >= 0.6 is 0 Å². The largest absolute Gasteiger partial charge is 0.508 e. The smallest absolute Gasteiger partial charge is 0.241 e. The molecule has 0 bridgehead atoms. The zero-order valence-corrected chi connectivity index (χ0v) is 11.9. The number of aromatic hydroxyl groups is 1. The second-order valence-electron chi connectivity index (χ2n) is 5.40. The topological polar surface area (TPSA) is 61.4 Å². The molecule has 2 aromatic carbocycles. The first-order valence-electron chi connectivity index (χ1n) is 7.04. The fourth-order valence-corrected chi connectivity index (χ4v) is 2.60. The van der Waals surface area contributed by atoms with Gasteiger partial charge in [-0.05, 0) is 48.2 Å². The quantitative estimate of drug-likeness (QED) is 0.741. The van der Waals surface area contributed by atoms with E-state index in [0.29, 0.717) is 18.7 Å². The van der Waals surface area contributed by atoms with Gasteiger partial charge in [-0.3, -0.25) is 4.79 Å². The van der Waals surface area contributed by atoms with Gasteiger partial charge in [0.05, 0.1) is 6.04 Å². The fourth-order valence-electron chi connectivity index (χ4n) is 2.60. The molecule has 21 heavy (non-hydrogen) atoms. The summed E-state index contributed by atoms with van der Waals surface area (Å²) in [7, 11) is 0. The molecular weight excluding hydrogens is 264 g/mol. The van der Waals surface area contributed by atoms with Crippen LogP contribution in [0.15, 0.2) is 42.5 Å². The van der Waals surface area contributed by atoms with Crippen LogP contribution in [0.25, 0.3) is 0 Å². The van der Waals surface area contributed by atoms with Gasteiger partial charge in [0.25, 0.3) is 0 Å². The van der Waals surface area contributed by atoms with Crippen LogP contribution in [0.4, 0.5) is 5.69 Å². The number of amides is 1. The summed E-state index contributed by atoms with van der Waals surface area (Å²) >= 11 is 0. The van der Waals surface area contributed by atoms with Gasteiger partial charge in [-0.2, -0.15) is 0 Å². The number of nitrogens with one attached hydrogen (secondary N) is 2. The second-order valence-corrected chi connectivity index (χ2v) is 5.40. The molecule has 1 amide bonds. The number of carbonyl (C=O) groups excluding carboxylic acids is 1. The highest BCUT2D eigenvalue weighted by Gasteiger charge is 2.23. The molecule has 0 radical (unpaired) electrons. The van der Waals surface area contributed by atoms with Gasteiger partial charge < -0.3 is 15.7 Å². The average Bonchev–Trinajstić information content (AvgIpc) is 2.50. The molecule has 1 aliphatic rings. The number of benzene rings is 2. The Morgan fingerprint density at radius 2 is 2.00 bits per heavy atom. The maximum absolute atomic E-state index is 12.3. The van der Waals surface area contributed by atoms with Crippen LogP contribution in [0.2, 0.25) is 0 Å². The van der Waals surface area contributed by atoms with Gasteiger partial charge in [-0.1, -0.05) is 24.3 Å². The Morgan fingerprint density at radius 3 is 2.76 bits per heavy atom. The minimum Gasteiger partial charge on any atom is -0.508 e. The molecule has 1 aliphatic heterocycles. The molecule has 0 fully saturated rings. The zero-order chi connectivity index (χ0) is 14.8. The molecule has 4 nitrogen and oxygen atoms in total. The predicted octanol–water partition coefficient (Wildman–Crippen LogP) is 2.35. The number of aryl methyl sites for hydroxylation is 1. The van der Waals surface area contributed by atoms with E-state index < -0.39 is 0 Å². The standard InChI is InChI=1S/C17H18N2O2/c1-11-8-14(6-7-16(11)20)19-17(21)15-9-12-4-2-3-5-13(12)10-18-15/h2-8,15,18,20H,9-10H2,1H3,(H,19,21). The molecule has 0 aromatic heterocycles. The van der Waals surface area contributed by atoms with Crippen LogP contribution in [0, 0.1) is 6.92 Å². The van der Waals surface area contributed by atoms with Crippen LogP contribution in [0.5, 0.6) is 5.75 Å². The number of anilines is 1. The third-order valence-electron chi connectivity index (χ3n) is 3.86. The molecule has 3 rings (SSSR count). The monoisotopic (exact) mass is 282 g/mol. The van der Waals surface area contributed by atoms with Crippen LogP contribution in [-0.2, 0) is 17.8 Å². The van der Waals surface area contributed by atoms with E-state index >= 15 is 0 Å². The number of phenolic OH excluding ortho intramolecular Hbond substituents is 1. The van der Waals surface area contributed by atoms with Crippen molar-refractivity contribution in [3.8, 4) is 5.75 Å². The first-order chi connectivity index (χ1) is 10.1. The molecule has 0 aliphatic carbocycles. The first kappa shape index (κ1) is 13.6. The van der Waals surface area contributed by atoms with Crippen molar-refractivity contribution in [1.29, 1.82) is 0 Å². The normalized spacial score (nSPS) is 17.1. The van der Waals surface area contributed by atoms with Crippen molar-refractivity contribution in [2.24, 2.45) is 0 Å². The Hall–Kier alpha value is -2.33. The average molecular weight is 282 g/mol. The molecule has 0 spiro atoms. The molecule has 2 aromatic rings. The van der Waals surface area contributed by atoms with Crippen molar-refractivity contribution in [2.45, 2.75) is 25.9 Å². The first-order valence-corrected chi connectivity index (χ1v) is 7.04. The zero-order valence-electron chi connectivity index (χ0n) is 11.9. The van der Waals surface area contributed by atoms with Crippen LogP contribution in [0.1, 0.15) is 16.7 Å². The van der Waals surface area contributed by atoms with Crippen molar-refractivity contribution in [1.82, 2.24) is 5.32 Å². The number of hydrogen-bond acceptors (Lipinski definition) is 3. The maximum Gasteiger partial charge on any atom is 0.241 e. The summed E-state index contributed by atoms with van der Waals surface area (Å²) in [4.78, 5) is 12.3. The number of rotatable bonds is 2. The van der Waals surface area contributed by atoms with E-state index in [1.165, 1.54) is 11.1 Å². The number of fused-ring (bicyclic) bond motifs is 1. The molecule has 108 valence electrons. The molecule has 1 heterocycles.